The largest absolute Gasteiger partial charge is 0.376 e. The van der Waals surface area contributed by atoms with Gasteiger partial charge in [-0.15, -0.1) is 0 Å². The number of benzene rings is 25. The minimum Gasteiger partial charge on any atom is -0.376 e. The predicted molar refractivity (Wildman–Crippen MR) is 631 cm³/mol. The Hall–Kier alpha value is -18.7. The van der Waals surface area contributed by atoms with E-state index in [1.54, 1.807) is 0 Å². The summed E-state index contributed by atoms with van der Waals surface area (Å²) in [6.07, 6.45) is 0. The van der Waals surface area contributed by atoms with E-state index in [0.717, 1.165) is 0 Å². The quantitative estimate of drug-likeness (QED) is 0.121. The Bertz CT molecular complexity index is 10100. The van der Waals surface area contributed by atoms with Gasteiger partial charge in [0.05, 0.1) is 0 Å². The number of aryl methyl sites for hydroxylation is 3. The van der Waals surface area contributed by atoms with Crippen LogP contribution in [-0.4, -0.2) is 20.5 Å². The molecule has 684 valence electrons. The van der Waals surface area contributed by atoms with Crippen molar-refractivity contribution in [2.24, 2.45) is 0 Å². The van der Waals surface area contributed by atoms with E-state index in [0.29, 0.717) is 0 Å². The molecule has 0 amide bonds. The van der Waals surface area contributed by atoms with Crippen LogP contribution in [0.25, 0.3) is 176 Å². The van der Waals surface area contributed by atoms with Crippen LogP contribution in [0, 0.1) is 20.8 Å². The predicted octanol–water partition coefficient (Wildman–Crippen LogP) is 33.1. The van der Waals surface area contributed by atoms with Crippen LogP contribution in [0.3, 0.4) is 0 Å². The second-order valence-corrected chi connectivity index (χ2v) is 41.3. The van der Waals surface area contributed by atoms with Crippen molar-refractivity contribution in [3.63, 3.8) is 0 Å². The molecule has 25 aromatic rings. The van der Waals surface area contributed by atoms with Crippen LogP contribution in [0.4, 0.5) is 85.3 Å². The van der Waals surface area contributed by atoms with E-state index in [1.807, 2.05) is 0 Å². The summed E-state index contributed by atoms with van der Waals surface area (Å²) in [5.74, 6) is 0. The van der Waals surface area contributed by atoms with Gasteiger partial charge in [-0.05, 0) is 341 Å². The zero-order valence-electron chi connectivity index (χ0n) is 81.6. The highest BCUT2D eigenvalue weighted by molar-refractivity contribution is 6.97. The van der Waals surface area contributed by atoms with Gasteiger partial charge < -0.3 is 29.1 Å². The van der Waals surface area contributed by atoms with Gasteiger partial charge in [-0.1, -0.05) is 356 Å². The molecule has 0 saturated heterocycles. The molecule has 0 N–H and O–H groups in total. The smallest absolute Gasteiger partial charge is 0.333 e. The van der Waals surface area contributed by atoms with Gasteiger partial charge in [-0.3, -0.25) is 0 Å². The second kappa shape index (κ2) is 31.7. The highest BCUT2D eigenvalue weighted by Gasteiger charge is 2.53. The fraction of sp³-hybridized carbons (Fsp3) is 0.0216. The first-order chi connectivity index (χ1) is 73.2. The third-order valence-electron chi connectivity index (χ3n) is 33.4. The first kappa shape index (κ1) is 82.8. The Labute approximate surface area is 859 Å². The Morgan fingerprint density at radius 2 is 0.378 bits per heavy atom. The van der Waals surface area contributed by atoms with Gasteiger partial charge in [0.1, 0.15) is 0 Å². The van der Waals surface area contributed by atoms with Crippen LogP contribution in [0.2, 0.25) is 0 Å². The van der Waals surface area contributed by atoms with Crippen molar-refractivity contribution in [2.45, 2.75) is 20.8 Å². The number of fused-ring (bicyclic) bond motifs is 30. The summed E-state index contributed by atoms with van der Waals surface area (Å²) in [4.78, 5) is 15.5. The van der Waals surface area contributed by atoms with Gasteiger partial charge in [0.15, 0.2) is 0 Å². The topological polar surface area (TPSA) is 19.4 Å². The minimum atomic E-state index is 0.0594. The van der Waals surface area contributed by atoms with E-state index in [4.69, 9.17) is 0 Å². The molecule has 9 aliphatic rings. The third-order valence-corrected chi connectivity index (χ3v) is 33.4. The van der Waals surface area contributed by atoms with Crippen molar-refractivity contribution in [1.82, 2.24) is 0 Å². The molecule has 9 aliphatic heterocycles. The monoisotopic (exact) mass is 1870 g/mol. The van der Waals surface area contributed by atoms with Crippen LogP contribution < -0.4 is 61.9 Å². The number of nitrogens with zero attached hydrogens (tertiary/aromatic N) is 6. The van der Waals surface area contributed by atoms with Gasteiger partial charge in [0.2, 0.25) is 0 Å². The average molecular weight is 1880 g/mol. The molecule has 25 aromatic carbocycles. The van der Waals surface area contributed by atoms with Crippen molar-refractivity contribution in [2.75, 3.05) is 29.1 Å². The van der Waals surface area contributed by atoms with Crippen LogP contribution in [0.1, 0.15) is 16.7 Å². The van der Waals surface area contributed by atoms with Crippen LogP contribution in [-0.2, 0) is 0 Å². The van der Waals surface area contributed by atoms with Gasteiger partial charge >= 0.3 is 20.5 Å². The zero-order chi connectivity index (χ0) is 97.1. The Morgan fingerprint density at radius 1 is 0.135 bits per heavy atom. The van der Waals surface area contributed by atoms with Gasteiger partial charge in [-0.2, -0.15) is 0 Å². The lowest BCUT2D eigenvalue weighted by atomic mass is 9.41. The molecule has 148 heavy (non-hydrogen) atoms. The SMILES string of the molecule is Cc1ccc2c(c1)-c1cccc3c1B1c4c(cccc4N3c3ccc4c(ccc5ccccc54)c3)-c3cc(-c4ccccc4)ccc3N12.Cc1ccc2c(c1)-c1cccc3c1B1c4c(cccc4N3c3ccc4c5ccccc5c5ccccc5c4c3)-c3cc(-c4ccccc4)ccc3N12.Cc1ccc2c(c1)-c1cccc3c1B1c4c(cccc4N3c3ccc4ccc5ccccc5c4c3)-c3cc(-c4ccccc4)ccc3N12. The van der Waals surface area contributed by atoms with Crippen molar-refractivity contribution in [3.8, 4) is 100 Å². The minimum absolute atomic E-state index is 0.0594. The molecular weight excluding hydrogens is 1790 g/mol. The van der Waals surface area contributed by atoms with E-state index in [9.17, 15) is 0 Å². The fourth-order valence-electron chi connectivity index (χ4n) is 27.1. The summed E-state index contributed by atoms with van der Waals surface area (Å²) in [6, 6.07) is 181. The number of hydrogen-bond donors (Lipinski definition) is 0. The van der Waals surface area contributed by atoms with Gasteiger partial charge in [-0.25, -0.2) is 0 Å². The molecule has 0 radical (unpaired) electrons. The van der Waals surface area contributed by atoms with E-state index >= 15 is 0 Å². The van der Waals surface area contributed by atoms with Crippen molar-refractivity contribution in [1.29, 1.82) is 0 Å². The van der Waals surface area contributed by atoms with E-state index in [-0.39, 0.29) is 20.5 Å². The highest BCUT2D eigenvalue weighted by Crippen LogP contribution is 2.59. The summed E-state index contributed by atoms with van der Waals surface area (Å²) >= 11 is 0. The van der Waals surface area contributed by atoms with Crippen molar-refractivity contribution < 1.29 is 0 Å². The maximum atomic E-state index is 2.63. The molecule has 0 atom stereocenters. The number of anilines is 15. The molecule has 0 unspecified atom stereocenters. The van der Waals surface area contributed by atoms with Crippen molar-refractivity contribution in [3.05, 3.63) is 502 Å². The molecule has 9 heteroatoms. The molecule has 0 aromatic heterocycles. The van der Waals surface area contributed by atoms with Gasteiger partial charge in [0, 0.05) is 119 Å². The Morgan fingerprint density at radius 3 is 0.730 bits per heavy atom. The molecule has 0 saturated carbocycles. The molecule has 0 spiro atoms. The van der Waals surface area contributed by atoms with E-state index in [2.05, 4.69) is 535 Å². The first-order valence-corrected chi connectivity index (χ1v) is 51.8. The summed E-state index contributed by atoms with van der Waals surface area (Å²) in [7, 11) is 0. The van der Waals surface area contributed by atoms with Gasteiger partial charge in [0.25, 0.3) is 0 Å². The maximum absolute atomic E-state index is 2.63. The summed E-state index contributed by atoms with van der Waals surface area (Å²) < 4.78 is 0. The molecule has 0 bridgehead atoms. The molecule has 9 heterocycles. The third kappa shape index (κ3) is 11.9. The number of rotatable bonds is 6. The molecule has 0 aliphatic carbocycles. The molecular formula is C139H89B3N6. The Kier molecular flexibility index (Phi) is 17.7. The fourth-order valence-corrected chi connectivity index (χ4v) is 27.1. The lowest BCUT2D eigenvalue weighted by Crippen LogP contribution is -2.63. The average Bonchev–Trinajstić information content (AvgIpc) is 0.685. The standard InChI is InChI=1S/C49H31BN2.2C45H29BN2/c1-30-21-25-44-42(27-30)39-17-9-19-46-48(39)50-49-40(43-28-32(22-26-45(43)52(44)50)31-11-3-2-4-12-31)18-10-20-47(49)51(46)33-23-24-38-36-15-6-5-13-34(36)35-14-7-8-16-37(35)41(38)29-33;1-28-17-23-40-38(25-28)36-13-7-15-42-44(36)46-45-37(39-27-31(20-24-41(39)48(40)46)29-9-3-2-4-10-29)14-8-16-43(45)47(42)33-21-22-35-32(26-33)19-18-30-11-5-6-12-34(30)35;1-28-17-23-40-38(25-28)35-13-7-15-42-44(35)46-45-36(39-26-32(21-24-41(39)48(40)46)29-9-3-2-4-10-29)14-8-16-43(45)47(42)33-22-20-31-19-18-30-11-5-6-12-34(30)37(31)27-33/h2-29H,1H3;2*2-27H,1H3. The summed E-state index contributed by atoms with van der Waals surface area (Å²) in [6.45, 7) is 6.83. The molecule has 0 fully saturated rings. The lowest BCUT2D eigenvalue weighted by Gasteiger charge is -2.49. The van der Waals surface area contributed by atoms with E-state index < -0.39 is 0 Å². The normalized spacial score (nSPS) is 13.4. The lowest BCUT2D eigenvalue weighted by molar-refractivity contribution is 1.26. The number of hydrogen-bond acceptors (Lipinski definition) is 6. The summed E-state index contributed by atoms with van der Waals surface area (Å²) in [5, 5.41) is 18.0. The van der Waals surface area contributed by atoms with Crippen LogP contribution in [0.15, 0.2) is 485 Å². The van der Waals surface area contributed by atoms with Crippen molar-refractivity contribution >= 4 is 214 Å². The molecule has 6 nitrogen and oxygen atoms in total. The summed E-state index contributed by atoms with van der Waals surface area (Å²) in [5.41, 5.74) is 53.8. The molecule has 34 rings (SSSR count). The zero-order valence-corrected chi connectivity index (χ0v) is 81.6. The van der Waals surface area contributed by atoms with Crippen LogP contribution >= 0.6 is 0 Å². The maximum Gasteiger partial charge on any atom is 0.333 e. The first-order valence-electron chi connectivity index (χ1n) is 51.8. The Balaban J connectivity index is 0.0000000985. The van der Waals surface area contributed by atoms with Crippen LogP contribution in [0.5, 0.6) is 0 Å². The van der Waals surface area contributed by atoms with E-state index in [1.165, 1.54) is 310 Å². The highest BCUT2D eigenvalue weighted by atomic mass is 15.2. The second-order valence-electron chi connectivity index (χ2n) is 41.3.